The van der Waals surface area contributed by atoms with Crippen LogP contribution in [0.3, 0.4) is 0 Å². The van der Waals surface area contributed by atoms with E-state index in [4.69, 9.17) is 21.1 Å². The van der Waals surface area contributed by atoms with Crippen LogP contribution in [-0.2, 0) is 19.1 Å². The van der Waals surface area contributed by atoms with E-state index in [0.717, 1.165) is 6.08 Å². The molecule has 0 spiro atoms. The molecule has 0 heterocycles. The van der Waals surface area contributed by atoms with Crippen molar-refractivity contribution in [1.82, 2.24) is 0 Å². The molecule has 8 heteroatoms. The summed E-state index contributed by atoms with van der Waals surface area (Å²) in [4.78, 5) is 23.0. The molecule has 1 aromatic rings. The van der Waals surface area contributed by atoms with E-state index in [1.807, 2.05) is 0 Å². The number of carbonyl (C=O) groups is 2. The quantitative estimate of drug-likeness (QED) is 0.631. The summed E-state index contributed by atoms with van der Waals surface area (Å²) >= 11 is 6.04. The van der Waals surface area contributed by atoms with Gasteiger partial charge in [0.2, 0.25) is 0 Å². The van der Waals surface area contributed by atoms with Crippen LogP contribution in [0, 0.1) is 0 Å². The van der Waals surface area contributed by atoms with Crippen LogP contribution in [0.1, 0.15) is 0 Å². The highest BCUT2D eigenvalue weighted by molar-refractivity contribution is 6.32. The van der Waals surface area contributed by atoms with Crippen LogP contribution in [0.4, 0.5) is 5.69 Å². The molecule has 0 bridgehead atoms. The summed E-state index contributed by atoms with van der Waals surface area (Å²) in [5.74, 6) is -0.701. The molecule has 0 aliphatic heterocycles. The topological polar surface area (TPSA) is 83.1 Å². The van der Waals surface area contributed by atoms with Gasteiger partial charge in [-0.15, -0.1) is 0 Å². The second-order valence-corrected chi connectivity index (χ2v) is 4.29. The molecular formula is C14H16ClNO6. The molecule has 0 saturated heterocycles. The largest absolute Gasteiger partial charge is 0.495 e. The summed E-state index contributed by atoms with van der Waals surface area (Å²) in [7, 11) is 5.28. The van der Waals surface area contributed by atoms with Crippen molar-refractivity contribution in [1.29, 1.82) is 0 Å². The van der Waals surface area contributed by atoms with Crippen LogP contribution in [0.15, 0.2) is 23.9 Å². The third-order valence-electron chi connectivity index (χ3n) is 2.61. The smallest absolute Gasteiger partial charge is 0.354 e. The minimum Gasteiger partial charge on any atom is -0.495 e. The lowest BCUT2D eigenvalue weighted by atomic mass is 10.2. The van der Waals surface area contributed by atoms with Gasteiger partial charge in [0.05, 0.1) is 45.2 Å². The number of benzene rings is 1. The number of carbonyl (C=O) groups excluding carboxylic acids is 2. The predicted molar refractivity (Wildman–Crippen MR) is 80.3 cm³/mol. The van der Waals surface area contributed by atoms with Crippen LogP contribution in [0.5, 0.6) is 11.5 Å². The minimum atomic E-state index is -0.751. The van der Waals surface area contributed by atoms with Gasteiger partial charge in [-0.05, 0) is 6.07 Å². The number of ether oxygens (including phenoxy) is 4. The maximum atomic E-state index is 11.7. The summed E-state index contributed by atoms with van der Waals surface area (Å²) in [6.07, 6.45) is 0.962. The molecule has 0 atom stereocenters. The molecule has 0 aliphatic rings. The number of rotatable bonds is 6. The van der Waals surface area contributed by atoms with Gasteiger partial charge in [-0.25, -0.2) is 9.59 Å². The van der Waals surface area contributed by atoms with Crippen molar-refractivity contribution in [3.05, 3.63) is 28.9 Å². The predicted octanol–water partition coefficient (Wildman–Crippen LogP) is 2.00. The Morgan fingerprint density at radius 2 is 1.68 bits per heavy atom. The van der Waals surface area contributed by atoms with Gasteiger partial charge in [0.1, 0.15) is 17.2 Å². The van der Waals surface area contributed by atoms with Crippen molar-refractivity contribution in [3.63, 3.8) is 0 Å². The van der Waals surface area contributed by atoms with Gasteiger partial charge in [-0.1, -0.05) is 11.6 Å². The monoisotopic (exact) mass is 329 g/mol. The SMILES string of the molecule is COC(=O)/C=C(/Nc1cc(Cl)c(OC)cc1OC)C(=O)OC. The zero-order valence-electron chi connectivity index (χ0n) is 12.6. The lowest BCUT2D eigenvalue weighted by Crippen LogP contribution is -2.16. The van der Waals surface area contributed by atoms with E-state index in [0.29, 0.717) is 22.2 Å². The first-order valence-corrected chi connectivity index (χ1v) is 6.41. The Hall–Kier alpha value is -2.41. The van der Waals surface area contributed by atoms with Crippen molar-refractivity contribution in [3.8, 4) is 11.5 Å². The zero-order chi connectivity index (χ0) is 16.7. The Bertz CT molecular complexity index is 599. The van der Waals surface area contributed by atoms with Gasteiger partial charge in [0.15, 0.2) is 0 Å². The number of methoxy groups -OCH3 is 4. The third kappa shape index (κ3) is 4.29. The molecule has 1 N–H and O–H groups in total. The van der Waals surface area contributed by atoms with Gasteiger partial charge in [0.25, 0.3) is 0 Å². The molecule has 22 heavy (non-hydrogen) atoms. The van der Waals surface area contributed by atoms with Crippen molar-refractivity contribution in [2.75, 3.05) is 33.8 Å². The molecule has 0 radical (unpaired) electrons. The van der Waals surface area contributed by atoms with Crippen LogP contribution in [-0.4, -0.2) is 40.4 Å². The normalized spacial score (nSPS) is 10.7. The standard InChI is InChI=1S/C14H16ClNO6/c1-19-11-7-12(20-2)9(5-8(11)15)16-10(14(18)22-4)6-13(17)21-3/h5-7,16H,1-4H3/b10-6+. The number of hydrogen-bond donors (Lipinski definition) is 1. The molecule has 1 rings (SSSR count). The van der Waals surface area contributed by atoms with Crippen molar-refractivity contribution in [2.24, 2.45) is 0 Å². The van der Waals surface area contributed by atoms with Crippen LogP contribution < -0.4 is 14.8 Å². The van der Waals surface area contributed by atoms with E-state index < -0.39 is 11.9 Å². The Balaban J connectivity index is 3.23. The molecule has 0 amide bonds. The van der Waals surface area contributed by atoms with Crippen LogP contribution >= 0.6 is 11.6 Å². The van der Waals surface area contributed by atoms with Gasteiger partial charge >= 0.3 is 11.9 Å². The zero-order valence-corrected chi connectivity index (χ0v) is 13.3. The number of hydrogen-bond acceptors (Lipinski definition) is 7. The van der Waals surface area contributed by atoms with Gasteiger partial charge in [0, 0.05) is 6.07 Å². The number of nitrogens with one attached hydrogen (secondary N) is 1. The fourth-order valence-corrected chi connectivity index (χ4v) is 1.78. The molecule has 0 saturated carbocycles. The van der Waals surface area contributed by atoms with Gasteiger partial charge in [-0.2, -0.15) is 0 Å². The average Bonchev–Trinajstić information content (AvgIpc) is 2.53. The maximum absolute atomic E-state index is 11.7. The van der Waals surface area contributed by atoms with Crippen molar-refractivity contribution < 1.29 is 28.5 Å². The second kappa shape index (κ2) is 8.14. The molecule has 1 aromatic carbocycles. The van der Waals surface area contributed by atoms with Gasteiger partial charge in [-0.3, -0.25) is 0 Å². The molecule has 0 fully saturated rings. The van der Waals surface area contributed by atoms with Crippen molar-refractivity contribution in [2.45, 2.75) is 0 Å². The average molecular weight is 330 g/mol. The Morgan fingerprint density at radius 1 is 1.05 bits per heavy atom. The molecule has 0 unspecified atom stereocenters. The fourth-order valence-electron chi connectivity index (χ4n) is 1.54. The Labute approximate surface area is 132 Å². The molecule has 7 nitrogen and oxygen atoms in total. The molecule has 120 valence electrons. The summed E-state index contributed by atoms with van der Waals surface area (Å²) in [6, 6.07) is 3.03. The fraction of sp³-hybridized carbons (Fsp3) is 0.286. The van der Waals surface area contributed by atoms with Crippen LogP contribution in [0.25, 0.3) is 0 Å². The van der Waals surface area contributed by atoms with Crippen LogP contribution in [0.2, 0.25) is 5.02 Å². The van der Waals surface area contributed by atoms with E-state index in [9.17, 15) is 9.59 Å². The van der Waals surface area contributed by atoms with E-state index in [1.165, 1.54) is 40.6 Å². The molecule has 0 aliphatic carbocycles. The summed E-state index contributed by atoms with van der Waals surface area (Å²) < 4.78 is 19.4. The Morgan fingerprint density at radius 3 is 2.18 bits per heavy atom. The minimum absolute atomic E-state index is 0.131. The van der Waals surface area contributed by atoms with E-state index in [2.05, 4.69) is 14.8 Å². The highest BCUT2D eigenvalue weighted by Crippen LogP contribution is 2.36. The Kier molecular flexibility index (Phi) is 6.52. The lowest BCUT2D eigenvalue weighted by Gasteiger charge is -2.14. The second-order valence-electron chi connectivity index (χ2n) is 3.88. The van der Waals surface area contributed by atoms with Gasteiger partial charge < -0.3 is 24.3 Å². The first-order valence-electron chi connectivity index (χ1n) is 6.03. The number of anilines is 1. The summed E-state index contributed by atoms with van der Waals surface area (Å²) in [5, 5.41) is 3.03. The number of esters is 2. The first-order chi connectivity index (χ1) is 10.5. The molecular weight excluding hydrogens is 314 g/mol. The molecule has 0 aromatic heterocycles. The van der Waals surface area contributed by atoms with E-state index in [-0.39, 0.29) is 5.70 Å². The van der Waals surface area contributed by atoms with E-state index >= 15 is 0 Å². The highest BCUT2D eigenvalue weighted by Gasteiger charge is 2.17. The van der Waals surface area contributed by atoms with Crippen molar-refractivity contribution >= 4 is 29.2 Å². The lowest BCUT2D eigenvalue weighted by molar-refractivity contribution is -0.138. The summed E-state index contributed by atoms with van der Waals surface area (Å²) in [5.41, 5.74) is 0.225. The summed E-state index contributed by atoms with van der Waals surface area (Å²) in [6.45, 7) is 0. The highest BCUT2D eigenvalue weighted by atomic mass is 35.5. The third-order valence-corrected chi connectivity index (χ3v) is 2.91. The number of halogens is 1. The first kappa shape index (κ1) is 17.6. The maximum Gasteiger partial charge on any atom is 0.354 e. The van der Waals surface area contributed by atoms with E-state index in [1.54, 1.807) is 0 Å².